The van der Waals surface area contributed by atoms with E-state index in [4.69, 9.17) is 23.2 Å². The van der Waals surface area contributed by atoms with Crippen molar-refractivity contribution in [2.24, 2.45) is 0 Å². The molecule has 0 aromatic heterocycles. The average Bonchev–Trinajstić information content (AvgIpc) is 3.02. The van der Waals surface area contributed by atoms with Gasteiger partial charge >= 0.3 is 0 Å². The topological polar surface area (TPSA) is 78.4 Å². The molecule has 5 rings (SSSR count). The van der Waals surface area contributed by atoms with Crippen LogP contribution in [0.1, 0.15) is 35.1 Å². The third-order valence-electron chi connectivity index (χ3n) is 6.30. The molecule has 3 aromatic carbocycles. The van der Waals surface area contributed by atoms with Crippen LogP contribution in [-0.2, 0) is 15.0 Å². The highest BCUT2D eigenvalue weighted by atomic mass is 127. The Hall–Kier alpha value is -2.29. The number of nitrogens with one attached hydrogen (secondary N) is 2. The van der Waals surface area contributed by atoms with Crippen LogP contribution in [0.25, 0.3) is 0 Å². The molecule has 1 fully saturated rings. The highest BCUT2D eigenvalue weighted by Gasteiger charge is 2.61. The van der Waals surface area contributed by atoms with E-state index in [2.05, 4.69) is 33.2 Å². The number of hydrogen-bond acceptors (Lipinski definition) is 3. The summed E-state index contributed by atoms with van der Waals surface area (Å²) < 4.78 is 0.874. The number of amides is 2. The van der Waals surface area contributed by atoms with E-state index in [-0.39, 0.29) is 24.0 Å². The number of benzene rings is 3. The number of rotatable bonds is 2. The Bertz CT molecular complexity index is 1280. The molecule has 0 radical (unpaired) electrons. The fraction of sp³-hybridized carbons (Fsp3) is 0.167. The molecule has 3 aromatic rings. The number of phenols is 1. The maximum absolute atomic E-state index is 13.9. The first-order valence-corrected chi connectivity index (χ1v) is 11.8. The first-order valence-electron chi connectivity index (χ1n) is 9.95. The Morgan fingerprint density at radius 3 is 2.56 bits per heavy atom. The van der Waals surface area contributed by atoms with Crippen molar-refractivity contribution in [3.05, 3.63) is 91.0 Å². The monoisotopic (exact) mass is 578 g/mol. The second-order valence-electron chi connectivity index (χ2n) is 8.03. The minimum Gasteiger partial charge on any atom is -0.508 e. The number of fused-ring (bicyclic) bond motifs is 2. The largest absolute Gasteiger partial charge is 0.508 e. The minimum atomic E-state index is -1.21. The third-order valence-corrected chi connectivity index (χ3v) is 7.44. The molecule has 8 heteroatoms. The molecule has 162 valence electrons. The van der Waals surface area contributed by atoms with Gasteiger partial charge in [0, 0.05) is 37.2 Å². The van der Waals surface area contributed by atoms with Gasteiger partial charge in [0.05, 0.1) is 6.04 Å². The summed E-state index contributed by atoms with van der Waals surface area (Å²) in [6.45, 7) is 0. The van der Waals surface area contributed by atoms with Crippen LogP contribution in [0.2, 0.25) is 10.0 Å². The number of halogens is 3. The van der Waals surface area contributed by atoms with Gasteiger partial charge in [-0.15, -0.1) is 0 Å². The smallest absolute Gasteiger partial charge is 0.238 e. The summed E-state index contributed by atoms with van der Waals surface area (Å²) in [7, 11) is 0. The molecule has 0 bridgehead atoms. The lowest BCUT2D eigenvalue weighted by Crippen LogP contribution is -2.56. The Balaban J connectivity index is 1.83. The fourth-order valence-corrected chi connectivity index (χ4v) is 5.91. The van der Waals surface area contributed by atoms with Crippen molar-refractivity contribution in [3.8, 4) is 5.75 Å². The third kappa shape index (κ3) is 3.27. The standard InChI is InChI=1S/C24H17Cl2IN2O3/c25-13-3-1-2-12(8-13)18-11-21(31)29-22(16-10-15(27)5-7-20(16)30)24(18)17-6-4-14(26)9-19(17)28-23(24)32/h1-10,18,22,30H,11H2,(H,28,32)(H,29,31)/t18-,22+,24-/m0/s1. The highest BCUT2D eigenvalue weighted by molar-refractivity contribution is 14.1. The van der Waals surface area contributed by atoms with Crippen molar-refractivity contribution < 1.29 is 14.7 Å². The number of phenolic OH excluding ortho intramolecular Hbond substituents is 1. The van der Waals surface area contributed by atoms with Crippen LogP contribution >= 0.6 is 45.8 Å². The maximum Gasteiger partial charge on any atom is 0.238 e. The quantitative estimate of drug-likeness (QED) is 0.349. The van der Waals surface area contributed by atoms with E-state index < -0.39 is 17.4 Å². The molecular weight excluding hydrogens is 562 g/mol. The van der Waals surface area contributed by atoms with Crippen LogP contribution in [-0.4, -0.2) is 16.9 Å². The number of hydrogen-bond donors (Lipinski definition) is 3. The predicted molar refractivity (Wildman–Crippen MR) is 132 cm³/mol. The van der Waals surface area contributed by atoms with Gasteiger partial charge < -0.3 is 15.7 Å². The Labute approximate surface area is 208 Å². The lowest BCUT2D eigenvalue weighted by molar-refractivity contribution is -0.131. The SMILES string of the molecule is O=C1C[C@@H](c2cccc(Cl)c2)[C@]2(C(=O)Nc3cc(Cl)ccc32)[C@@H](c2cc(I)ccc2O)N1. The van der Waals surface area contributed by atoms with Gasteiger partial charge in [0.1, 0.15) is 11.2 Å². The number of carbonyl (C=O) groups is 2. The van der Waals surface area contributed by atoms with Crippen LogP contribution in [0, 0.1) is 3.57 Å². The van der Waals surface area contributed by atoms with E-state index >= 15 is 0 Å². The molecule has 3 atom stereocenters. The van der Waals surface area contributed by atoms with E-state index in [0.29, 0.717) is 21.3 Å². The first-order chi connectivity index (χ1) is 15.3. The van der Waals surface area contributed by atoms with Gasteiger partial charge in [-0.05, 0) is 76.2 Å². The minimum absolute atomic E-state index is 0.0112. The number of anilines is 1. The van der Waals surface area contributed by atoms with E-state index in [1.807, 2.05) is 18.2 Å². The summed E-state index contributed by atoms with van der Waals surface area (Å²) in [5.74, 6) is -0.973. The zero-order valence-electron chi connectivity index (χ0n) is 16.5. The van der Waals surface area contributed by atoms with Gasteiger partial charge in [0.15, 0.2) is 0 Å². The molecule has 1 saturated heterocycles. The Morgan fingerprint density at radius 1 is 1.00 bits per heavy atom. The summed E-state index contributed by atoms with van der Waals surface area (Å²) in [5, 5.41) is 17.8. The van der Waals surface area contributed by atoms with Crippen molar-refractivity contribution in [1.82, 2.24) is 5.32 Å². The molecule has 32 heavy (non-hydrogen) atoms. The lowest BCUT2D eigenvalue weighted by atomic mass is 9.59. The average molecular weight is 579 g/mol. The lowest BCUT2D eigenvalue weighted by Gasteiger charge is -2.46. The zero-order valence-corrected chi connectivity index (χ0v) is 20.2. The fourth-order valence-electron chi connectivity index (χ4n) is 5.03. The number of aromatic hydroxyl groups is 1. The van der Waals surface area contributed by atoms with E-state index in [1.54, 1.807) is 42.5 Å². The van der Waals surface area contributed by atoms with Crippen molar-refractivity contribution in [2.45, 2.75) is 23.8 Å². The van der Waals surface area contributed by atoms with Gasteiger partial charge in [-0.3, -0.25) is 9.59 Å². The molecule has 2 aliphatic heterocycles. The van der Waals surface area contributed by atoms with Gasteiger partial charge in [0.25, 0.3) is 0 Å². The van der Waals surface area contributed by atoms with Gasteiger partial charge in [-0.25, -0.2) is 0 Å². The first kappa shape index (κ1) is 21.6. The van der Waals surface area contributed by atoms with Gasteiger partial charge in [0.2, 0.25) is 11.8 Å². The Kier molecular flexibility index (Phi) is 5.34. The molecule has 1 spiro atoms. The summed E-state index contributed by atoms with van der Waals surface area (Å²) in [6, 6.07) is 16.8. The second kappa shape index (κ2) is 7.93. The number of piperidine rings is 1. The summed E-state index contributed by atoms with van der Waals surface area (Å²) in [4.78, 5) is 26.8. The molecule has 5 nitrogen and oxygen atoms in total. The molecule has 2 heterocycles. The molecule has 0 unspecified atom stereocenters. The van der Waals surface area contributed by atoms with E-state index in [9.17, 15) is 14.7 Å². The molecule has 0 aliphatic carbocycles. The molecular formula is C24H17Cl2IN2O3. The zero-order chi connectivity index (χ0) is 22.6. The molecule has 2 aliphatic rings. The second-order valence-corrected chi connectivity index (χ2v) is 10.1. The highest BCUT2D eigenvalue weighted by Crippen LogP contribution is 2.58. The predicted octanol–water partition coefficient (Wildman–Crippen LogP) is 5.54. The van der Waals surface area contributed by atoms with Crippen LogP contribution in [0.3, 0.4) is 0 Å². The van der Waals surface area contributed by atoms with E-state index in [1.165, 1.54) is 0 Å². The van der Waals surface area contributed by atoms with Gasteiger partial charge in [-0.2, -0.15) is 0 Å². The molecule has 0 saturated carbocycles. The van der Waals surface area contributed by atoms with Crippen molar-refractivity contribution in [3.63, 3.8) is 0 Å². The maximum atomic E-state index is 13.9. The summed E-state index contributed by atoms with van der Waals surface area (Å²) >= 11 is 14.7. The molecule has 2 amide bonds. The van der Waals surface area contributed by atoms with Crippen LogP contribution in [0.5, 0.6) is 5.75 Å². The van der Waals surface area contributed by atoms with Gasteiger partial charge in [-0.1, -0.05) is 41.4 Å². The van der Waals surface area contributed by atoms with E-state index in [0.717, 1.165) is 14.7 Å². The van der Waals surface area contributed by atoms with Crippen LogP contribution in [0.15, 0.2) is 60.7 Å². The van der Waals surface area contributed by atoms with Crippen LogP contribution < -0.4 is 10.6 Å². The summed E-state index contributed by atoms with van der Waals surface area (Å²) in [6.07, 6.45) is 0.0943. The Morgan fingerprint density at radius 2 is 1.78 bits per heavy atom. The normalized spacial score (nSPS) is 24.2. The summed E-state index contributed by atoms with van der Waals surface area (Å²) in [5.41, 5.74) is 1.37. The number of carbonyl (C=O) groups excluding carboxylic acids is 2. The van der Waals surface area contributed by atoms with Crippen molar-refractivity contribution in [2.75, 3.05) is 5.32 Å². The molecule has 3 N–H and O–H groups in total. The van der Waals surface area contributed by atoms with Crippen LogP contribution in [0.4, 0.5) is 5.69 Å². The van der Waals surface area contributed by atoms with Crippen molar-refractivity contribution >= 4 is 63.3 Å². The van der Waals surface area contributed by atoms with Crippen molar-refractivity contribution in [1.29, 1.82) is 0 Å².